The first-order chi connectivity index (χ1) is 11.0. The molecule has 2 heterocycles. The van der Waals surface area contributed by atoms with Crippen molar-refractivity contribution in [2.24, 2.45) is 0 Å². The summed E-state index contributed by atoms with van der Waals surface area (Å²) in [6.45, 7) is 5.61. The molecule has 1 aromatic carbocycles. The van der Waals surface area contributed by atoms with Gasteiger partial charge in [-0.3, -0.25) is 4.90 Å². The molecule has 124 valence electrons. The topological polar surface area (TPSA) is 66.9 Å². The zero-order valence-electron chi connectivity index (χ0n) is 13.1. The minimum absolute atomic E-state index is 0.262. The van der Waals surface area contributed by atoms with Gasteiger partial charge in [-0.25, -0.2) is 13.2 Å². The van der Waals surface area contributed by atoms with Crippen LogP contribution < -0.4 is 0 Å². The Bertz CT molecular complexity index is 734. The highest BCUT2D eigenvalue weighted by atomic mass is 32.2. The Labute approximate surface area is 136 Å². The van der Waals surface area contributed by atoms with Gasteiger partial charge in [-0.1, -0.05) is 12.1 Å². The van der Waals surface area contributed by atoms with Crippen molar-refractivity contribution >= 4 is 22.0 Å². The van der Waals surface area contributed by atoms with Crippen LogP contribution in [0.4, 0.5) is 4.79 Å². The van der Waals surface area contributed by atoms with Crippen LogP contribution in [0, 0.1) is 0 Å². The second-order valence-corrected chi connectivity index (χ2v) is 7.44. The van der Waals surface area contributed by atoms with Gasteiger partial charge in [0.05, 0.1) is 11.5 Å². The van der Waals surface area contributed by atoms with Crippen LogP contribution in [0.25, 0.3) is 6.08 Å². The largest absolute Gasteiger partial charge is 0.450 e. The molecule has 1 fully saturated rings. The molecule has 0 spiro atoms. The third-order valence-electron chi connectivity index (χ3n) is 4.17. The number of rotatable bonds is 3. The molecule has 7 heteroatoms. The lowest BCUT2D eigenvalue weighted by Crippen LogP contribution is -2.48. The average Bonchev–Trinajstić information content (AvgIpc) is 2.85. The molecule has 0 unspecified atom stereocenters. The highest BCUT2D eigenvalue weighted by Gasteiger charge is 2.25. The highest BCUT2D eigenvalue weighted by molar-refractivity contribution is 7.94. The summed E-state index contributed by atoms with van der Waals surface area (Å²) in [5.41, 5.74) is 1.80. The SMILES string of the molecule is CCOC(=O)N1CCN(Cc2cccc3c2C=CS3(=O)=O)CC1. The maximum atomic E-state index is 11.9. The summed E-state index contributed by atoms with van der Waals surface area (Å²) >= 11 is 0. The predicted molar refractivity (Wildman–Crippen MR) is 86.5 cm³/mol. The number of nitrogens with zero attached hydrogens (tertiary/aromatic N) is 2. The number of benzene rings is 1. The molecular formula is C16H20N2O4S. The zero-order valence-corrected chi connectivity index (χ0v) is 13.9. The Hall–Kier alpha value is -1.86. The number of carbonyl (C=O) groups excluding carboxylic acids is 1. The van der Waals surface area contributed by atoms with Crippen molar-refractivity contribution in [1.29, 1.82) is 0 Å². The molecule has 0 aromatic heterocycles. The molecule has 2 aliphatic heterocycles. The molecule has 0 saturated carbocycles. The Kier molecular flexibility index (Phi) is 4.41. The van der Waals surface area contributed by atoms with Crippen molar-refractivity contribution in [2.75, 3.05) is 32.8 Å². The Morgan fingerprint density at radius 3 is 2.65 bits per heavy atom. The van der Waals surface area contributed by atoms with E-state index in [1.807, 2.05) is 6.07 Å². The molecular weight excluding hydrogens is 316 g/mol. The Morgan fingerprint density at radius 1 is 1.22 bits per heavy atom. The van der Waals surface area contributed by atoms with Crippen molar-refractivity contribution < 1.29 is 17.9 Å². The quantitative estimate of drug-likeness (QED) is 0.841. The standard InChI is InChI=1S/C16H20N2O4S/c1-2-22-16(19)18-9-7-17(8-10-18)12-13-4-3-5-15-14(13)6-11-23(15,20)21/h3-6,11H,2,7-10,12H2,1H3. The van der Waals surface area contributed by atoms with E-state index in [0.717, 1.165) is 24.2 Å². The second-order valence-electron chi connectivity index (χ2n) is 5.64. The van der Waals surface area contributed by atoms with Crippen LogP contribution in [0.2, 0.25) is 0 Å². The minimum Gasteiger partial charge on any atom is -0.450 e. The fourth-order valence-electron chi connectivity index (χ4n) is 2.94. The number of hydrogen-bond acceptors (Lipinski definition) is 5. The third-order valence-corrected chi connectivity index (χ3v) is 5.63. The molecule has 1 saturated heterocycles. The molecule has 3 rings (SSSR count). The second kappa shape index (κ2) is 6.33. The molecule has 0 aliphatic carbocycles. The molecule has 6 nitrogen and oxygen atoms in total. The van der Waals surface area contributed by atoms with Crippen LogP contribution in [0.1, 0.15) is 18.1 Å². The number of carbonyl (C=O) groups is 1. The van der Waals surface area contributed by atoms with Crippen molar-refractivity contribution in [2.45, 2.75) is 18.4 Å². The summed E-state index contributed by atoms with van der Waals surface area (Å²) in [5.74, 6) is 0. The first-order valence-corrected chi connectivity index (χ1v) is 9.25. The van der Waals surface area contributed by atoms with Crippen molar-refractivity contribution in [1.82, 2.24) is 9.80 Å². The summed E-state index contributed by atoms with van der Waals surface area (Å²) in [6, 6.07) is 5.39. The summed E-state index contributed by atoms with van der Waals surface area (Å²) in [6.07, 6.45) is 1.41. The molecule has 0 bridgehead atoms. The minimum atomic E-state index is -3.26. The Morgan fingerprint density at radius 2 is 1.96 bits per heavy atom. The van der Waals surface area contributed by atoms with Crippen LogP contribution in [-0.4, -0.2) is 57.1 Å². The number of ether oxygens (including phenoxy) is 1. The number of amides is 1. The van der Waals surface area contributed by atoms with Crippen LogP contribution >= 0.6 is 0 Å². The number of sulfone groups is 1. The normalized spacial score (nSPS) is 19.6. The number of hydrogen-bond donors (Lipinski definition) is 0. The first-order valence-electron chi connectivity index (χ1n) is 7.70. The van der Waals surface area contributed by atoms with E-state index in [1.54, 1.807) is 30.0 Å². The van der Waals surface area contributed by atoms with Gasteiger partial charge in [-0.15, -0.1) is 0 Å². The highest BCUT2D eigenvalue weighted by Crippen LogP contribution is 2.30. The van der Waals surface area contributed by atoms with Gasteiger partial charge in [-0.2, -0.15) is 0 Å². The van der Waals surface area contributed by atoms with E-state index in [-0.39, 0.29) is 6.09 Å². The van der Waals surface area contributed by atoms with Crippen LogP contribution in [0.15, 0.2) is 28.5 Å². The van der Waals surface area contributed by atoms with E-state index in [1.165, 1.54) is 5.41 Å². The maximum Gasteiger partial charge on any atom is 0.409 e. The summed E-state index contributed by atoms with van der Waals surface area (Å²) < 4.78 is 28.8. The maximum absolute atomic E-state index is 11.9. The number of fused-ring (bicyclic) bond motifs is 1. The van der Waals surface area contributed by atoms with Crippen LogP contribution in [0.5, 0.6) is 0 Å². The fourth-order valence-corrected chi connectivity index (χ4v) is 4.18. The third kappa shape index (κ3) is 3.25. The van der Waals surface area contributed by atoms with Gasteiger partial charge >= 0.3 is 6.09 Å². The van der Waals surface area contributed by atoms with Gasteiger partial charge in [0.1, 0.15) is 0 Å². The lowest BCUT2D eigenvalue weighted by Gasteiger charge is -2.34. The van der Waals surface area contributed by atoms with E-state index in [4.69, 9.17) is 4.74 Å². The average molecular weight is 336 g/mol. The van der Waals surface area contributed by atoms with E-state index in [9.17, 15) is 13.2 Å². The van der Waals surface area contributed by atoms with E-state index in [0.29, 0.717) is 31.1 Å². The fraction of sp³-hybridized carbons (Fsp3) is 0.438. The molecule has 2 aliphatic rings. The van der Waals surface area contributed by atoms with Crippen LogP contribution in [-0.2, 0) is 21.1 Å². The van der Waals surface area contributed by atoms with Gasteiger partial charge in [0.15, 0.2) is 9.84 Å². The van der Waals surface area contributed by atoms with E-state index in [2.05, 4.69) is 4.90 Å². The predicted octanol–water partition coefficient (Wildman–Crippen LogP) is 1.72. The van der Waals surface area contributed by atoms with Crippen molar-refractivity contribution in [3.05, 3.63) is 34.7 Å². The molecule has 0 N–H and O–H groups in total. The molecule has 1 aromatic rings. The summed E-state index contributed by atoms with van der Waals surface area (Å²) in [7, 11) is -3.26. The monoisotopic (exact) mass is 336 g/mol. The van der Waals surface area contributed by atoms with Gasteiger partial charge in [0.25, 0.3) is 0 Å². The van der Waals surface area contributed by atoms with Gasteiger partial charge < -0.3 is 9.64 Å². The first kappa shape index (κ1) is 16.0. The number of piperazine rings is 1. The van der Waals surface area contributed by atoms with Crippen molar-refractivity contribution in [3.8, 4) is 0 Å². The van der Waals surface area contributed by atoms with Gasteiger partial charge in [0.2, 0.25) is 0 Å². The van der Waals surface area contributed by atoms with Crippen LogP contribution in [0.3, 0.4) is 0 Å². The van der Waals surface area contributed by atoms with Gasteiger partial charge in [0, 0.05) is 38.1 Å². The molecule has 0 atom stereocenters. The van der Waals surface area contributed by atoms with E-state index < -0.39 is 9.84 Å². The smallest absolute Gasteiger partial charge is 0.409 e. The molecule has 23 heavy (non-hydrogen) atoms. The molecule has 0 radical (unpaired) electrons. The van der Waals surface area contributed by atoms with E-state index >= 15 is 0 Å². The summed E-state index contributed by atoms with van der Waals surface area (Å²) in [4.78, 5) is 16.0. The molecule has 1 amide bonds. The lowest BCUT2D eigenvalue weighted by atomic mass is 10.1. The zero-order chi connectivity index (χ0) is 16.4. The summed E-state index contributed by atoms with van der Waals surface area (Å²) in [5, 5.41) is 1.26. The lowest BCUT2D eigenvalue weighted by molar-refractivity contribution is 0.0778. The van der Waals surface area contributed by atoms with Gasteiger partial charge in [-0.05, 0) is 30.2 Å². The van der Waals surface area contributed by atoms with Crippen molar-refractivity contribution in [3.63, 3.8) is 0 Å². The Balaban J connectivity index is 1.66.